The topological polar surface area (TPSA) is 118 Å². The summed E-state index contributed by atoms with van der Waals surface area (Å²) in [5.74, 6) is -2.65. The highest BCUT2D eigenvalue weighted by Gasteiger charge is 2.11. The van der Waals surface area contributed by atoms with Crippen molar-refractivity contribution in [3.63, 3.8) is 0 Å². The highest BCUT2D eigenvalue weighted by Crippen LogP contribution is 2.05. The van der Waals surface area contributed by atoms with Crippen LogP contribution < -0.4 is 0 Å². The smallest absolute Gasteiger partial charge is 0.333 e. The van der Waals surface area contributed by atoms with Gasteiger partial charge in [0.15, 0.2) is 0 Å². The van der Waals surface area contributed by atoms with Crippen LogP contribution in [0.25, 0.3) is 0 Å². The molecule has 0 aromatic heterocycles. The number of carboxylic acid groups (broad SMARTS) is 1. The lowest BCUT2D eigenvalue weighted by Crippen LogP contribution is -2.15. The van der Waals surface area contributed by atoms with Gasteiger partial charge in [0.05, 0.1) is 0 Å². The fourth-order valence-electron chi connectivity index (χ4n) is 0.789. The molecule has 0 radical (unpaired) electrons. The Morgan fingerprint density at radius 1 is 1.39 bits per heavy atom. The minimum absolute atomic E-state index is 0.00839. The van der Waals surface area contributed by atoms with Gasteiger partial charge in [-0.15, -0.1) is 0 Å². The number of hydrogen-bond acceptors (Lipinski definition) is 5. The van der Waals surface area contributed by atoms with E-state index >= 15 is 0 Å². The second-order valence-electron chi connectivity index (χ2n) is 3.42. The van der Waals surface area contributed by atoms with Crippen molar-refractivity contribution >= 4 is 22.1 Å². The molecule has 0 amide bonds. The van der Waals surface area contributed by atoms with Crippen molar-refractivity contribution < 1.29 is 32.4 Å². The maximum atomic E-state index is 11.2. The average Bonchev–Trinajstić information content (AvgIpc) is 2.23. The summed E-state index contributed by atoms with van der Waals surface area (Å²) in [5.41, 5.74) is 0.0489. The summed E-state index contributed by atoms with van der Waals surface area (Å²) in [5, 5.41) is 8.56. The third-order valence-electron chi connectivity index (χ3n) is 1.86. The molecule has 0 aromatic carbocycles. The first-order valence-electron chi connectivity index (χ1n) is 4.83. The van der Waals surface area contributed by atoms with Crippen molar-refractivity contribution in [1.82, 2.24) is 0 Å². The lowest BCUT2D eigenvalue weighted by molar-refractivity contribution is -0.138. The van der Waals surface area contributed by atoms with Gasteiger partial charge in [-0.3, -0.25) is 4.55 Å². The van der Waals surface area contributed by atoms with Crippen LogP contribution in [-0.4, -0.2) is 42.4 Å². The maximum absolute atomic E-state index is 11.2. The number of hydrogen-bond donors (Lipinski definition) is 2. The molecule has 0 aliphatic carbocycles. The molecule has 0 unspecified atom stereocenters. The molecular formula is C10H14O7S. The van der Waals surface area contributed by atoms with Gasteiger partial charge in [-0.1, -0.05) is 12.7 Å². The molecule has 0 spiro atoms. The van der Waals surface area contributed by atoms with Crippen LogP contribution in [0.15, 0.2) is 23.8 Å². The van der Waals surface area contributed by atoms with E-state index in [0.717, 1.165) is 0 Å². The van der Waals surface area contributed by atoms with Gasteiger partial charge in [0.25, 0.3) is 10.1 Å². The molecule has 0 saturated heterocycles. The molecule has 2 N–H and O–H groups in total. The van der Waals surface area contributed by atoms with E-state index in [-0.39, 0.29) is 17.6 Å². The number of ether oxygens (including phenoxy) is 1. The fraction of sp³-hybridized carbons (Fsp3) is 0.400. The molecule has 0 aliphatic rings. The Kier molecular flexibility index (Phi) is 6.28. The highest BCUT2D eigenvalue weighted by molar-refractivity contribution is 7.85. The van der Waals surface area contributed by atoms with Crippen LogP contribution in [0.1, 0.15) is 13.3 Å². The van der Waals surface area contributed by atoms with Gasteiger partial charge in [0.2, 0.25) is 0 Å². The predicted octanol–water partition coefficient (Wildman–Crippen LogP) is 0.395. The second-order valence-corrected chi connectivity index (χ2v) is 4.99. The van der Waals surface area contributed by atoms with Crippen molar-refractivity contribution in [3.8, 4) is 0 Å². The summed E-state index contributed by atoms with van der Waals surface area (Å²) >= 11 is 0. The van der Waals surface area contributed by atoms with Crippen LogP contribution in [0.5, 0.6) is 0 Å². The Morgan fingerprint density at radius 2 is 1.94 bits per heavy atom. The maximum Gasteiger partial charge on any atom is 0.333 e. The van der Waals surface area contributed by atoms with E-state index < -0.39 is 34.4 Å². The molecule has 0 aromatic rings. The summed E-state index contributed by atoms with van der Waals surface area (Å²) < 4.78 is 33.6. The van der Waals surface area contributed by atoms with Gasteiger partial charge in [-0.05, 0) is 13.3 Å². The molecule has 0 fully saturated rings. The molecule has 18 heavy (non-hydrogen) atoms. The summed E-state index contributed by atoms with van der Waals surface area (Å²) in [7, 11) is -4.18. The molecular weight excluding hydrogens is 264 g/mol. The van der Waals surface area contributed by atoms with Crippen molar-refractivity contribution in [2.45, 2.75) is 13.3 Å². The monoisotopic (exact) mass is 278 g/mol. The number of carbonyl (C=O) groups excluding carboxylic acids is 1. The molecule has 0 saturated carbocycles. The zero-order valence-corrected chi connectivity index (χ0v) is 10.6. The molecule has 0 aliphatic heterocycles. The molecule has 0 atom stereocenters. The number of carbonyl (C=O) groups is 2. The van der Waals surface area contributed by atoms with Crippen molar-refractivity contribution in [1.29, 1.82) is 0 Å². The lowest BCUT2D eigenvalue weighted by atomic mass is 10.1. The Hall–Kier alpha value is -1.67. The lowest BCUT2D eigenvalue weighted by Gasteiger charge is -2.04. The van der Waals surface area contributed by atoms with Gasteiger partial charge < -0.3 is 9.84 Å². The normalized spacial score (nSPS) is 12.0. The minimum atomic E-state index is -4.18. The largest absolute Gasteiger partial charge is 0.478 e. The first kappa shape index (κ1) is 16.3. The van der Waals surface area contributed by atoms with Gasteiger partial charge >= 0.3 is 11.9 Å². The van der Waals surface area contributed by atoms with E-state index in [1.165, 1.54) is 13.0 Å². The van der Waals surface area contributed by atoms with Crippen LogP contribution in [0.2, 0.25) is 0 Å². The van der Waals surface area contributed by atoms with E-state index in [0.29, 0.717) is 0 Å². The number of esters is 1. The molecule has 0 bridgehead atoms. The van der Waals surface area contributed by atoms with E-state index in [2.05, 4.69) is 11.3 Å². The van der Waals surface area contributed by atoms with E-state index in [1.54, 1.807) is 0 Å². The summed E-state index contributed by atoms with van der Waals surface area (Å²) in [6.45, 7) is 4.25. The van der Waals surface area contributed by atoms with Crippen molar-refractivity contribution in [3.05, 3.63) is 23.8 Å². The summed E-state index contributed by atoms with van der Waals surface area (Å²) in [4.78, 5) is 21.7. The van der Waals surface area contributed by atoms with Crippen LogP contribution in [0.4, 0.5) is 0 Å². The zero-order chi connectivity index (χ0) is 14.3. The number of allylic oxidation sites excluding steroid dienone is 1. The Morgan fingerprint density at radius 3 is 2.39 bits per heavy atom. The Balaban J connectivity index is 4.17. The quantitative estimate of drug-likeness (QED) is 0.393. The third-order valence-corrected chi connectivity index (χ3v) is 2.54. The number of carboxylic acids is 1. The first-order chi connectivity index (χ1) is 8.13. The van der Waals surface area contributed by atoms with Crippen molar-refractivity contribution in [2.24, 2.45) is 0 Å². The molecule has 102 valence electrons. The third kappa shape index (κ3) is 7.58. The number of aliphatic carboxylic acids is 1. The van der Waals surface area contributed by atoms with Crippen LogP contribution in [-0.2, 0) is 24.4 Å². The van der Waals surface area contributed by atoms with Gasteiger partial charge in [-0.2, -0.15) is 8.42 Å². The summed E-state index contributed by atoms with van der Waals surface area (Å²) in [6, 6.07) is 0. The minimum Gasteiger partial charge on any atom is -0.478 e. The highest BCUT2D eigenvalue weighted by atomic mass is 32.2. The van der Waals surface area contributed by atoms with Gasteiger partial charge in [0.1, 0.15) is 12.4 Å². The molecule has 8 heteroatoms. The van der Waals surface area contributed by atoms with E-state index in [9.17, 15) is 18.0 Å². The fourth-order valence-corrected chi connectivity index (χ4v) is 1.08. The van der Waals surface area contributed by atoms with Gasteiger partial charge in [0, 0.05) is 11.1 Å². The SMILES string of the molecule is C=C(CC=C(C)C(=O)O)C(=O)OCCS(=O)(=O)O. The van der Waals surface area contributed by atoms with Crippen LogP contribution in [0.3, 0.4) is 0 Å². The summed E-state index contributed by atoms with van der Waals surface area (Å²) in [6.07, 6.45) is 1.28. The second kappa shape index (κ2) is 6.92. The average molecular weight is 278 g/mol. The molecule has 0 rings (SSSR count). The standard InChI is InChI=1S/C10H14O7S/c1-7(9(11)12)3-4-8(2)10(13)17-5-6-18(14,15)16/h3H,2,4-6H2,1H3,(H,11,12)(H,14,15,16). The van der Waals surface area contributed by atoms with E-state index in [1.807, 2.05) is 0 Å². The first-order valence-corrected chi connectivity index (χ1v) is 6.44. The van der Waals surface area contributed by atoms with Crippen LogP contribution >= 0.6 is 0 Å². The van der Waals surface area contributed by atoms with Gasteiger partial charge in [-0.25, -0.2) is 9.59 Å². The van der Waals surface area contributed by atoms with Crippen molar-refractivity contribution in [2.75, 3.05) is 12.4 Å². The zero-order valence-electron chi connectivity index (χ0n) is 9.75. The van der Waals surface area contributed by atoms with Crippen LogP contribution in [0, 0.1) is 0 Å². The van der Waals surface area contributed by atoms with E-state index in [4.69, 9.17) is 9.66 Å². The Labute approximate surface area is 105 Å². The predicted molar refractivity (Wildman–Crippen MR) is 62.5 cm³/mol. The Bertz CT molecular complexity index is 472. The molecule has 0 heterocycles. The number of rotatable bonds is 7. The molecule has 7 nitrogen and oxygen atoms in total.